The summed E-state index contributed by atoms with van der Waals surface area (Å²) in [7, 11) is 1.45. The Balaban J connectivity index is 2.84. The largest absolute Gasteiger partial charge is 0.507 e. The molecule has 0 heterocycles. The average molecular weight is 352 g/mol. The van der Waals surface area contributed by atoms with Crippen molar-refractivity contribution in [3.05, 3.63) is 23.3 Å². The van der Waals surface area contributed by atoms with Gasteiger partial charge in [0.1, 0.15) is 11.5 Å². The Kier molecular flexibility index (Phi) is 8.99. The number of aliphatic hydroxyl groups excluding tert-OH is 1. The maximum atomic E-state index is 12.5. The van der Waals surface area contributed by atoms with Gasteiger partial charge in [-0.2, -0.15) is 0 Å². The molecule has 1 atom stereocenters. The molecule has 1 unspecified atom stereocenters. The van der Waals surface area contributed by atoms with Gasteiger partial charge in [-0.1, -0.05) is 12.8 Å². The summed E-state index contributed by atoms with van der Waals surface area (Å²) < 4.78 is 10.0. The zero-order chi connectivity index (χ0) is 18.8. The van der Waals surface area contributed by atoms with Gasteiger partial charge in [-0.25, -0.2) is 0 Å². The van der Waals surface area contributed by atoms with Crippen LogP contribution in [0.15, 0.2) is 12.1 Å². The third-order valence-corrected chi connectivity index (χ3v) is 3.85. The number of methoxy groups -OCH3 is 1. The van der Waals surface area contributed by atoms with Crippen LogP contribution in [0.5, 0.6) is 11.5 Å². The summed E-state index contributed by atoms with van der Waals surface area (Å²) in [4.78, 5) is 24.3. The van der Waals surface area contributed by atoms with Gasteiger partial charge in [-0.05, 0) is 38.3 Å². The monoisotopic (exact) mass is 352 g/mol. The highest BCUT2D eigenvalue weighted by molar-refractivity contribution is 6.01. The molecule has 0 saturated heterocycles. The van der Waals surface area contributed by atoms with Gasteiger partial charge in [-0.3, -0.25) is 9.59 Å². The number of unbranched alkanes of at least 4 members (excludes halogenated alkanes) is 2. The van der Waals surface area contributed by atoms with Gasteiger partial charge >= 0.3 is 5.97 Å². The fourth-order valence-electron chi connectivity index (χ4n) is 2.63. The van der Waals surface area contributed by atoms with Crippen LogP contribution < -0.4 is 4.74 Å². The van der Waals surface area contributed by atoms with Crippen LogP contribution in [0.1, 0.15) is 61.9 Å². The van der Waals surface area contributed by atoms with Gasteiger partial charge in [0.15, 0.2) is 5.78 Å². The van der Waals surface area contributed by atoms with Gasteiger partial charge in [0.05, 0.1) is 31.8 Å². The first-order valence-electron chi connectivity index (χ1n) is 8.65. The molecule has 2 N–H and O–H groups in total. The van der Waals surface area contributed by atoms with Crippen molar-refractivity contribution in [3.8, 4) is 11.5 Å². The van der Waals surface area contributed by atoms with Gasteiger partial charge in [0.2, 0.25) is 0 Å². The number of benzene rings is 1. The van der Waals surface area contributed by atoms with Crippen molar-refractivity contribution in [3.63, 3.8) is 0 Å². The summed E-state index contributed by atoms with van der Waals surface area (Å²) in [5.74, 6) is -0.476. The minimum Gasteiger partial charge on any atom is -0.507 e. The summed E-state index contributed by atoms with van der Waals surface area (Å²) in [5.41, 5.74) is 0.564. The molecule has 1 aromatic carbocycles. The van der Waals surface area contributed by atoms with Crippen molar-refractivity contribution in [2.75, 3.05) is 13.7 Å². The molecule has 0 fully saturated rings. The molecule has 0 saturated carbocycles. The van der Waals surface area contributed by atoms with Gasteiger partial charge in [-0.15, -0.1) is 0 Å². The highest BCUT2D eigenvalue weighted by atomic mass is 16.5. The van der Waals surface area contributed by atoms with Crippen molar-refractivity contribution in [1.29, 1.82) is 0 Å². The molecule has 1 rings (SSSR count). The van der Waals surface area contributed by atoms with Gasteiger partial charge in [0, 0.05) is 12.5 Å². The number of aliphatic hydroxyl groups is 1. The molecular formula is C19H28O6. The highest BCUT2D eigenvalue weighted by Gasteiger charge is 2.20. The Morgan fingerprint density at radius 3 is 2.52 bits per heavy atom. The molecule has 6 nitrogen and oxygen atoms in total. The fourth-order valence-corrected chi connectivity index (χ4v) is 2.63. The van der Waals surface area contributed by atoms with E-state index in [1.165, 1.54) is 13.2 Å². The predicted molar refractivity (Wildman–Crippen MR) is 94.1 cm³/mol. The zero-order valence-electron chi connectivity index (χ0n) is 15.2. The van der Waals surface area contributed by atoms with E-state index >= 15 is 0 Å². The number of esters is 1. The van der Waals surface area contributed by atoms with Crippen LogP contribution in [-0.4, -0.2) is 41.8 Å². The van der Waals surface area contributed by atoms with E-state index in [4.69, 9.17) is 9.47 Å². The lowest BCUT2D eigenvalue weighted by atomic mass is 9.96. The minimum atomic E-state index is -0.457. The smallest absolute Gasteiger partial charge is 0.310 e. The number of Topliss-reactive ketones (excluding diaryl/α,β-unsaturated/α-hetero) is 1. The third-order valence-electron chi connectivity index (χ3n) is 3.85. The fraction of sp³-hybridized carbons (Fsp3) is 0.579. The summed E-state index contributed by atoms with van der Waals surface area (Å²) in [6.07, 6.45) is 2.87. The SMILES string of the molecule is CCOC(=O)Cc1cc(OC)cc(O)c1C(=O)CCCCCC(C)O. The van der Waals surface area contributed by atoms with E-state index < -0.39 is 5.97 Å². The number of ether oxygens (including phenoxy) is 2. The standard InChI is InChI=1S/C19H28O6/c1-4-25-18(23)11-14-10-15(24-3)12-17(22)19(14)16(21)9-7-5-6-8-13(2)20/h10,12-13,20,22H,4-9,11H2,1-3H3. The molecule has 0 spiro atoms. The summed E-state index contributed by atoms with van der Waals surface area (Å²) in [6, 6.07) is 2.95. The lowest BCUT2D eigenvalue weighted by molar-refractivity contribution is -0.142. The number of hydrogen-bond donors (Lipinski definition) is 2. The summed E-state index contributed by atoms with van der Waals surface area (Å²) in [5, 5.41) is 19.4. The number of carbonyl (C=O) groups excluding carboxylic acids is 2. The number of aromatic hydroxyl groups is 1. The topological polar surface area (TPSA) is 93.1 Å². The van der Waals surface area contributed by atoms with Crippen LogP contribution >= 0.6 is 0 Å². The van der Waals surface area contributed by atoms with Crippen molar-refractivity contribution < 1.29 is 29.3 Å². The zero-order valence-corrected chi connectivity index (χ0v) is 15.2. The van der Waals surface area contributed by atoms with Crippen molar-refractivity contribution in [2.45, 2.75) is 58.5 Å². The Labute approximate surface area is 148 Å². The number of hydrogen-bond acceptors (Lipinski definition) is 6. The summed E-state index contributed by atoms with van der Waals surface area (Å²) >= 11 is 0. The molecule has 0 aliphatic heterocycles. The number of rotatable bonds is 11. The minimum absolute atomic E-state index is 0.0955. The molecular weight excluding hydrogens is 324 g/mol. The molecule has 0 aromatic heterocycles. The lowest BCUT2D eigenvalue weighted by Crippen LogP contribution is -2.12. The van der Waals surface area contributed by atoms with E-state index in [-0.39, 0.29) is 42.6 Å². The van der Waals surface area contributed by atoms with Crippen LogP contribution in [-0.2, 0) is 16.0 Å². The van der Waals surface area contributed by atoms with Crippen LogP contribution in [0.25, 0.3) is 0 Å². The van der Waals surface area contributed by atoms with Crippen molar-refractivity contribution >= 4 is 11.8 Å². The van der Waals surface area contributed by atoms with Crippen molar-refractivity contribution in [1.82, 2.24) is 0 Å². The average Bonchev–Trinajstić information content (AvgIpc) is 2.53. The lowest BCUT2D eigenvalue weighted by Gasteiger charge is -2.13. The molecule has 140 valence electrons. The molecule has 6 heteroatoms. The second-order valence-corrected chi connectivity index (χ2v) is 6.03. The second kappa shape index (κ2) is 10.7. The second-order valence-electron chi connectivity index (χ2n) is 6.03. The molecule has 0 bridgehead atoms. The quantitative estimate of drug-likeness (QED) is 0.361. The Morgan fingerprint density at radius 2 is 1.92 bits per heavy atom. The van der Waals surface area contributed by atoms with E-state index in [1.54, 1.807) is 19.9 Å². The van der Waals surface area contributed by atoms with E-state index in [1.807, 2.05) is 0 Å². The molecule has 25 heavy (non-hydrogen) atoms. The van der Waals surface area contributed by atoms with Crippen LogP contribution in [0.4, 0.5) is 0 Å². The number of phenols is 1. The first kappa shape index (κ1) is 21.0. The number of ketones is 1. The Hall–Kier alpha value is -2.08. The maximum absolute atomic E-state index is 12.5. The normalized spacial score (nSPS) is 11.8. The maximum Gasteiger partial charge on any atom is 0.310 e. The van der Waals surface area contributed by atoms with Crippen LogP contribution in [0, 0.1) is 0 Å². The van der Waals surface area contributed by atoms with E-state index in [9.17, 15) is 19.8 Å². The summed E-state index contributed by atoms with van der Waals surface area (Å²) in [6.45, 7) is 3.70. The van der Waals surface area contributed by atoms with E-state index in [2.05, 4.69) is 0 Å². The van der Waals surface area contributed by atoms with Crippen LogP contribution in [0.2, 0.25) is 0 Å². The van der Waals surface area contributed by atoms with Crippen LogP contribution in [0.3, 0.4) is 0 Å². The van der Waals surface area contributed by atoms with E-state index in [0.29, 0.717) is 24.2 Å². The third kappa shape index (κ3) is 7.13. The molecule has 0 aliphatic rings. The van der Waals surface area contributed by atoms with Crippen molar-refractivity contribution in [2.24, 2.45) is 0 Å². The first-order valence-corrected chi connectivity index (χ1v) is 8.65. The Bertz CT molecular complexity index is 580. The molecule has 1 aromatic rings. The van der Waals surface area contributed by atoms with Gasteiger partial charge < -0.3 is 19.7 Å². The highest BCUT2D eigenvalue weighted by Crippen LogP contribution is 2.30. The Morgan fingerprint density at radius 1 is 1.20 bits per heavy atom. The predicted octanol–water partition coefficient (Wildman–Crippen LogP) is 3.02. The molecule has 0 aliphatic carbocycles. The first-order chi connectivity index (χ1) is 11.9. The number of carbonyl (C=O) groups is 2. The van der Waals surface area contributed by atoms with E-state index in [0.717, 1.165) is 12.8 Å². The molecule has 0 radical (unpaired) electrons. The molecule has 0 amide bonds. The number of phenolic OH excluding ortho intramolecular Hbond substituents is 1. The van der Waals surface area contributed by atoms with Gasteiger partial charge in [0.25, 0.3) is 0 Å².